The molecule has 4 aliphatic rings. The van der Waals surface area contributed by atoms with E-state index in [-0.39, 0.29) is 48.3 Å². The van der Waals surface area contributed by atoms with Crippen LogP contribution in [0.25, 0.3) is 0 Å². The van der Waals surface area contributed by atoms with Gasteiger partial charge in [-0.2, -0.15) is 5.01 Å². The first kappa shape index (κ1) is 32.6. The highest BCUT2D eigenvalue weighted by molar-refractivity contribution is 6.30. The van der Waals surface area contributed by atoms with Gasteiger partial charge in [-0.3, -0.25) is 29.5 Å². The Hall–Kier alpha value is -4.90. The Morgan fingerprint density at radius 3 is 2.33 bits per heavy atom. The van der Waals surface area contributed by atoms with Crippen molar-refractivity contribution in [2.24, 2.45) is 23.7 Å². The molecule has 6 atom stereocenters. The summed E-state index contributed by atoms with van der Waals surface area (Å²) in [6, 6.07) is 14.9. The summed E-state index contributed by atoms with van der Waals surface area (Å²) >= 11 is 6.34. The van der Waals surface area contributed by atoms with E-state index in [1.165, 1.54) is 49.5 Å². The second-order valence-electron chi connectivity index (χ2n) is 13.0. The van der Waals surface area contributed by atoms with Crippen LogP contribution < -0.4 is 14.9 Å². The third-order valence-corrected chi connectivity index (χ3v) is 10.9. The molecule has 1 saturated carbocycles. The number of ether oxygens (including phenoxy) is 2. The molecule has 2 N–H and O–H groups in total. The molecule has 2 heterocycles. The maximum Gasteiger partial charge on any atom is 0.260 e. The lowest BCUT2D eigenvalue weighted by molar-refractivity contribution is -0.141. The average molecular weight is 688 g/mol. The van der Waals surface area contributed by atoms with E-state index < -0.39 is 52.6 Å². The highest BCUT2D eigenvalue weighted by atomic mass is 35.5. The van der Waals surface area contributed by atoms with Gasteiger partial charge in [0.05, 0.1) is 43.1 Å². The molecule has 3 aromatic carbocycles. The minimum atomic E-state index is -1.67. The molecule has 6 unspecified atom stereocenters. The topological polar surface area (TPSA) is 125 Å². The quantitative estimate of drug-likeness (QED) is 0.232. The first-order valence-electron chi connectivity index (χ1n) is 16.2. The largest absolute Gasteiger partial charge is 0.507 e. The number of allylic oxidation sites excluding steroid dienone is 2. The second-order valence-corrected chi connectivity index (χ2v) is 13.4. The van der Waals surface area contributed by atoms with Crippen LogP contribution in [0.3, 0.4) is 0 Å². The van der Waals surface area contributed by atoms with E-state index in [9.17, 15) is 23.9 Å². The summed E-state index contributed by atoms with van der Waals surface area (Å²) in [6.45, 7) is 2.18. The van der Waals surface area contributed by atoms with E-state index in [2.05, 4.69) is 5.43 Å². The number of carbonyl (C=O) groups is 4. The van der Waals surface area contributed by atoms with Gasteiger partial charge in [0.25, 0.3) is 11.8 Å². The van der Waals surface area contributed by atoms with E-state index in [1.807, 2.05) is 13.0 Å². The average Bonchev–Trinajstić information content (AvgIpc) is 3.46. The van der Waals surface area contributed by atoms with Crippen molar-refractivity contribution in [2.45, 2.75) is 37.5 Å². The number of anilines is 1. The molecule has 2 saturated heterocycles. The minimum Gasteiger partial charge on any atom is -0.507 e. The maximum atomic E-state index is 15.2. The first-order valence-corrected chi connectivity index (χ1v) is 16.6. The molecule has 0 bridgehead atoms. The molecule has 3 aromatic rings. The fraction of sp³-hybridized carbons (Fsp3) is 0.351. The highest BCUT2D eigenvalue weighted by Gasteiger charge is 2.71. The number of methoxy groups -OCH3 is 2. The Morgan fingerprint density at radius 2 is 1.67 bits per heavy atom. The van der Waals surface area contributed by atoms with Crippen LogP contribution in [0.4, 0.5) is 10.1 Å². The Bertz CT molecular complexity index is 1900. The number of imide groups is 2. The number of amides is 4. The lowest BCUT2D eigenvalue weighted by atomic mass is 9.49. The van der Waals surface area contributed by atoms with Crippen LogP contribution in [0.2, 0.25) is 5.02 Å². The summed E-state index contributed by atoms with van der Waals surface area (Å²) < 4.78 is 25.1. The zero-order chi connectivity index (χ0) is 34.8. The van der Waals surface area contributed by atoms with Gasteiger partial charge in [-0.15, -0.1) is 0 Å². The van der Waals surface area contributed by atoms with Gasteiger partial charge in [0.2, 0.25) is 11.8 Å². The summed E-state index contributed by atoms with van der Waals surface area (Å²) in [6.07, 6.45) is 2.83. The van der Waals surface area contributed by atoms with Crippen LogP contribution in [0.15, 0.2) is 72.3 Å². The van der Waals surface area contributed by atoms with Crippen LogP contribution in [0, 0.1) is 29.5 Å². The minimum absolute atomic E-state index is 0.0799. The predicted octanol–water partition coefficient (Wildman–Crippen LogP) is 5.60. The number of carbonyl (C=O) groups excluding carboxylic acids is 4. The van der Waals surface area contributed by atoms with Gasteiger partial charge in [0.1, 0.15) is 23.1 Å². The Kier molecular flexibility index (Phi) is 8.13. The van der Waals surface area contributed by atoms with E-state index >= 15 is 4.79 Å². The van der Waals surface area contributed by atoms with Crippen LogP contribution in [0.1, 0.15) is 43.2 Å². The van der Waals surface area contributed by atoms with Gasteiger partial charge in [-0.25, -0.2) is 4.39 Å². The van der Waals surface area contributed by atoms with Crippen molar-refractivity contribution in [3.05, 3.63) is 94.3 Å². The first-order chi connectivity index (χ1) is 23.6. The summed E-state index contributed by atoms with van der Waals surface area (Å²) in [4.78, 5) is 58.9. The number of benzene rings is 3. The number of halogens is 2. The third-order valence-electron chi connectivity index (χ3n) is 10.6. The van der Waals surface area contributed by atoms with E-state index in [1.54, 1.807) is 30.3 Å². The second kappa shape index (κ2) is 12.2. The fourth-order valence-electron chi connectivity index (χ4n) is 8.64. The Balaban J connectivity index is 1.50. The lowest BCUT2D eigenvalue weighted by Crippen LogP contribution is -2.53. The summed E-state index contributed by atoms with van der Waals surface area (Å²) in [5.74, 6) is -5.98. The number of hydrogen-bond donors (Lipinski definition) is 2. The van der Waals surface area contributed by atoms with Crippen molar-refractivity contribution in [1.82, 2.24) is 9.91 Å². The van der Waals surface area contributed by atoms with E-state index in [0.717, 1.165) is 5.01 Å². The molecule has 49 heavy (non-hydrogen) atoms. The van der Waals surface area contributed by atoms with Crippen molar-refractivity contribution in [2.75, 3.05) is 26.2 Å². The normalized spacial score (nSPS) is 27.4. The molecule has 0 radical (unpaired) electrons. The van der Waals surface area contributed by atoms with Gasteiger partial charge in [-0.05, 0) is 67.1 Å². The van der Waals surface area contributed by atoms with E-state index in [4.69, 9.17) is 21.1 Å². The molecule has 2 aliphatic heterocycles. The smallest absolute Gasteiger partial charge is 0.260 e. The van der Waals surface area contributed by atoms with Gasteiger partial charge in [-0.1, -0.05) is 42.3 Å². The molecule has 12 heteroatoms. The number of nitrogens with one attached hydrogen (secondary N) is 1. The number of aromatic hydroxyl groups is 1. The summed E-state index contributed by atoms with van der Waals surface area (Å²) in [7, 11) is 2.88. The summed E-state index contributed by atoms with van der Waals surface area (Å²) in [5.41, 5.74) is 2.91. The number of phenols is 1. The zero-order valence-electron chi connectivity index (χ0n) is 27.1. The lowest BCUT2D eigenvalue weighted by Gasteiger charge is -2.50. The van der Waals surface area contributed by atoms with Crippen molar-refractivity contribution in [1.29, 1.82) is 0 Å². The third kappa shape index (κ3) is 4.80. The van der Waals surface area contributed by atoms with Crippen LogP contribution in [0.5, 0.6) is 17.2 Å². The summed E-state index contributed by atoms with van der Waals surface area (Å²) in [5, 5.41) is 13.1. The number of hydrazine groups is 1. The van der Waals surface area contributed by atoms with E-state index in [0.29, 0.717) is 34.0 Å². The number of rotatable bonds is 8. The number of phenolic OH excluding ortho intramolecular Hbond substituents is 1. The standard InChI is InChI=1S/C37H35ClFN3O7/c1-4-15-41-33(44)25-14-13-24-26(30(25)35(41)46)18-27-34(45)42(40-22-11-9-21(39)10-12-22)36(47)37(27,19-5-7-20(38)8-6-19)32(24)31-28(43)16-23(48-2)17-29(31)49-3/h5-13,16-17,25-27,30,32,40,43H,4,14-15,18H2,1-3H3. The molecule has 3 fully saturated rings. The molecule has 2 aliphatic carbocycles. The van der Waals surface area contributed by atoms with Crippen LogP contribution in [-0.2, 0) is 24.6 Å². The molecule has 10 nitrogen and oxygen atoms in total. The zero-order valence-corrected chi connectivity index (χ0v) is 27.9. The molecule has 4 amide bonds. The predicted molar refractivity (Wildman–Crippen MR) is 177 cm³/mol. The Morgan fingerprint density at radius 1 is 0.959 bits per heavy atom. The SMILES string of the molecule is CCCN1C(=O)C2CC=C3C(CC4C(=O)N(Nc5ccc(F)cc5)C(=O)C4(c4ccc(Cl)cc4)C3c3c(O)cc(OC)cc3OC)C2C1=O. The number of nitrogens with zero attached hydrogens (tertiary/aromatic N) is 2. The Labute approximate surface area is 287 Å². The maximum absolute atomic E-state index is 15.2. The number of hydrogen-bond acceptors (Lipinski definition) is 8. The number of likely N-dealkylation sites (tertiary alicyclic amines) is 1. The van der Waals surface area contributed by atoms with Gasteiger partial charge < -0.3 is 14.6 Å². The molecule has 0 spiro atoms. The van der Waals surface area contributed by atoms with Crippen LogP contribution >= 0.6 is 11.6 Å². The molecular formula is C37H35ClFN3O7. The van der Waals surface area contributed by atoms with Gasteiger partial charge >= 0.3 is 0 Å². The monoisotopic (exact) mass is 687 g/mol. The fourth-order valence-corrected chi connectivity index (χ4v) is 8.77. The molecular weight excluding hydrogens is 653 g/mol. The van der Waals surface area contributed by atoms with Gasteiger partial charge in [0.15, 0.2) is 0 Å². The number of fused-ring (bicyclic) bond motifs is 4. The molecule has 254 valence electrons. The molecule has 7 rings (SSSR count). The van der Waals surface area contributed by atoms with Crippen molar-refractivity contribution in [3.8, 4) is 17.2 Å². The highest BCUT2D eigenvalue weighted by Crippen LogP contribution is 2.66. The van der Waals surface area contributed by atoms with Gasteiger partial charge in [0, 0.05) is 35.2 Å². The van der Waals surface area contributed by atoms with Crippen molar-refractivity contribution < 1.29 is 38.1 Å². The van der Waals surface area contributed by atoms with Crippen LogP contribution in [-0.4, -0.2) is 59.4 Å². The van der Waals surface area contributed by atoms with Crippen molar-refractivity contribution >= 4 is 40.9 Å². The van der Waals surface area contributed by atoms with Crippen molar-refractivity contribution in [3.63, 3.8) is 0 Å². The molecule has 0 aromatic heterocycles.